The van der Waals surface area contributed by atoms with Gasteiger partial charge in [0.15, 0.2) is 5.82 Å². The minimum Gasteiger partial charge on any atom is -0.360 e. The Bertz CT molecular complexity index is 368. The Morgan fingerprint density at radius 2 is 2.47 bits per heavy atom. The standard InChI is InChI=1S/C10H15N3O2/c1-7-5-8(13-15-7)12-9(14)6-10(11)3-2-4-10/h5H,2-4,6,11H2,1H3,(H,12,13,14). The molecule has 1 aromatic heterocycles. The predicted octanol–water partition coefficient (Wildman–Crippen LogP) is 1.19. The lowest BCUT2D eigenvalue weighted by Gasteiger charge is -2.37. The number of carbonyl (C=O) groups excluding carboxylic acids is 1. The van der Waals surface area contributed by atoms with Gasteiger partial charge in [-0.3, -0.25) is 4.79 Å². The molecule has 5 nitrogen and oxygen atoms in total. The molecule has 5 heteroatoms. The van der Waals surface area contributed by atoms with Crippen molar-refractivity contribution >= 4 is 11.7 Å². The van der Waals surface area contributed by atoms with Gasteiger partial charge < -0.3 is 15.6 Å². The van der Waals surface area contributed by atoms with Crippen LogP contribution in [0.5, 0.6) is 0 Å². The van der Waals surface area contributed by atoms with Crippen LogP contribution in [0.15, 0.2) is 10.6 Å². The van der Waals surface area contributed by atoms with Crippen molar-refractivity contribution in [2.45, 2.75) is 38.1 Å². The zero-order valence-corrected chi connectivity index (χ0v) is 8.75. The average Bonchev–Trinajstić information content (AvgIpc) is 2.48. The topological polar surface area (TPSA) is 81.2 Å². The van der Waals surface area contributed by atoms with Crippen LogP contribution in [-0.2, 0) is 4.79 Å². The highest BCUT2D eigenvalue weighted by atomic mass is 16.5. The molecule has 0 atom stereocenters. The fourth-order valence-electron chi connectivity index (χ4n) is 1.74. The third-order valence-electron chi connectivity index (χ3n) is 2.76. The molecule has 0 unspecified atom stereocenters. The Kier molecular flexibility index (Phi) is 2.48. The highest BCUT2D eigenvalue weighted by Crippen LogP contribution is 2.32. The average molecular weight is 209 g/mol. The molecule has 3 N–H and O–H groups in total. The van der Waals surface area contributed by atoms with Crippen LogP contribution < -0.4 is 11.1 Å². The molecule has 1 aliphatic rings. The van der Waals surface area contributed by atoms with Crippen LogP contribution in [0.1, 0.15) is 31.4 Å². The normalized spacial score (nSPS) is 18.3. The summed E-state index contributed by atoms with van der Waals surface area (Å²) in [4.78, 5) is 11.6. The van der Waals surface area contributed by atoms with Crippen LogP contribution in [0.2, 0.25) is 0 Å². The maximum Gasteiger partial charge on any atom is 0.227 e. The molecule has 1 heterocycles. The van der Waals surface area contributed by atoms with Crippen LogP contribution in [0.4, 0.5) is 5.82 Å². The molecule has 1 aromatic rings. The van der Waals surface area contributed by atoms with Gasteiger partial charge in [-0.25, -0.2) is 0 Å². The minimum absolute atomic E-state index is 0.0921. The van der Waals surface area contributed by atoms with Gasteiger partial charge in [0.25, 0.3) is 0 Å². The van der Waals surface area contributed by atoms with Gasteiger partial charge in [-0.05, 0) is 26.2 Å². The third kappa shape index (κ3) is 2.36. The van der Waals surface area contributed by atoms with Crippen LogP contribution in [0, 0.1) is 6.92 Å². The molecule has 15 heavy (non-hydrogen) atoms. The lowest BCUT2D eigenvalue weighted by Crippen LogP contribution is -2.48. The van der Waals surface area contributed by atoms with E-state index >= 15 is 0 Å². The number of carbonyl (C=O) groups is 1. The molecule has 82 valence electrons. The zero-order chi connectivity index (χ0) is 10.9. The predicted molar refractivity (Wildman–Crippen MR) is 55.3 cm³/mol. The summed E-state index contributed by atoms with van der Waals surface area (Å²) in [5.74, 6) is 1.04. The second-order valence-electron chi connectivity index (χ2n) is 4.26. The Morgan fingerprint density at radius 1 is 1.73 bits per heavy atom. The number of nitrogens with zero attached hydrogens (tertiary/aromatic N) is 1. The highest BCUT2D eigenvalue weighted by Gasteiger charge is 2.34. The first-order valence-electron chi connectivity index (χ1n) is 5.09. The van der Waals surface area contributed by atoms with Crippen LogP contribution in [0.3, 0.4) is 0 Å². The summed E-state index contributed by atoms with van der Waals surface area (Å²) in [5, 5.41) is 6.35. The smallest absolute Gasteiger partial charge is 0.227 e. The van der Waals surface area contributed by atoms with E-state index in [-0.39, 0.29) is 11.4 Å². The molecule has 1 saturated carbocycles. The summed E-state index contributed by atoms with van der Waals surface area (Å²) in [5.41, 5.74) is 5.67. The maximum atomic E-state index is 11.6. The van der Waals surface area contributed by atoms with E-state index in [0.29, 0.717) is 18.0 Å². The Labute approximate surface area is 88.0 Å². The molecule has 0 aromatic carbocycles. The first-order valence-corrected chi connectivity index (χ1v) is 5.09. The minimum atomic E-state index is -0.289. The lowest BCUT2D eigenvalue weighted by atomic mass is 9.75. The molecular formula is C10H15N3O2. The number of aryl methyl sites for hydroxylation is 1. The van der Waals surface area contributed by atoms with Gasteiger partial charge >= 0.3 is 0 Å². The SMILES string of the molecule is Cc1cc(NC(=O)CC2(N)CCC2)no1. The van der Waals surface area contributed by atoms with Crippen molar-refractivity contribution < 1.29 is 9.32 Å². The van der Waals surface area contributed by atoms with Gasteiger partial charge in [-0.2, -0.15) is 0 Å². The van der Waals surface area contributed by atoms with E-state index in [9.17, 15) is 4.79 Å². The first kappa shape index (κ1) is 10.2. The fraction of sp³-hybridized carbons (Fsp3) is 0.600. The number of anilines is 1. The van der Waals surface area contributed by atoms with Crippen molar-refractivity contribution in [2.75, 3.05) is 5.32 Å². The lowest BCUT2D eigenvalue weighted by molar-refractivity contribution is -0.118. The molecule has 0 aliphatic heterocycles. The summed E-state index contributed by atoms with van der Waals surface area (Å²) >= 11 is 0. The van der Waals surface area contributed by atoms with Crippen LogP contribution >= 0.6 is 0 Å². The summed E-state index contributed by atoms with van der Waals surface area (Å²) in [6, 6.07) is 1.68. The number of hydrogen-bond acceptors (Lipinski definition) is 4. The van der Waals surface area contributed by atoms with Crippen molar-refractivity contribution in [1.29, 1.82) is 0 Å². The number of hydrogen-bond donors (Lipinski definition) is 2. The number of nitrogens with two attached hydrogens (primary N) is 1. The molecule has 0 bridgehead atoms. The number of rotatable bonds is 3. The summed E-state index contributed by atoms with van der Waals surface area (Å²) in [6.07, 6.45) is 3.34. The number of nitrogens with one attached hydrogen (secondary N) is 1. The van der Waals surface area contributed by atoms with Crippen molar-refractivity contribution in [2.24, 2.45) is 5.73 Å². The zero-order valence-electron chi connectivity index (χ0n) is 8.75. The first-order chi connectivity index (χ1) is 7.07. The molecule has 1 aliphatic carbocycles. The van der Waals surface area contributed by atoms with Crippen LogP contribution in [0.25, 0.3) is 0 Å². The Morgan fingerprint density at radius 3 is 2.93 bits per heavy atom. The fourth-order valence-corrected chi connectivity index (χ4v) is 1.74. The van der Waals surface area contributed by atoms with Gasteiger partial charge in [-0.1, -0.05) is 5.16 Å². The van der Waals surface area contributed by atoms with Gasteiger partial charge in [0.1, 0.15) is 5.76 Å². The van der Waals surface area contributed by atoms with Gasteiger partial charge in [0.05, 0.1) is 0 Å². The van der Waals surface area contributed by atoms with Gasteiger partial charge in [0, 0.05) is 18.0 Å². The second kappa shape index (κ2) is 3.66. The molecule has 2 rings (SSSR count). The number of amides is 1. The Balaban J connectivity index is 1.87. The highest BCUT2D eigenvalue weighted by molar-refractivity contribution is 5.90. The summed E-state index contributed by atoms with van der Waals surface area (Å²) in [7, 11) is 0. The van der Waals surface area contributed by atoms with Crippen molar-refractivity contribution in [3.05, 3.63) is 11.8 Å². The molecular weight excluding hydrogens is 194 g/mol. The second-order valence-corrected chi connectivity index (χ2v) is 4.26. The summed E-state index contributed by atoms with van der Waals surface area (Å²) < 4.78 is 4.84. The van der Waals surface area contributed by atoms with E-state index in [4.69, 9.17) is 10.3 Å². The molecule has 1 amide bonds. The molecule has 0 spiro atoms. The van der Waals surface area contributed by atoms with Crippen molar-refractivity contribution in [1.82, 2.24) is 5.16 Å². The van der Waals surface area contributed by atoms with Crippen molar-refractivity contribution in [3.8, 4) is 0 Å². The van der Waals surface area contributed by atoms with E-state index in [1.165, 1.54) is 0 Å². The molecule has 1 fully saturated rings. The third-order valence-corrected chi connectivity index (χ3v) is 2.76. The van der Waals surface area contributed by atoms with Gasteiger partial charge in [0.2, 0.25) is 5.91 Å². The quantitative estimate of drug-likeness (QED) is 0.783. The Hall–Kier alpha value is -1.36. The van der Waals surface area contributed by atoms with E-state index in [2.05, 4.69) is 10.5 Å². The van der Waals surface area contributed by atoms with Crippen LogP contribution in [-0.4, -0.2) is 16.6 Å². The monoisotopic (exact) mass is 209 g/mol. The van der Waals surface area contributed by atoms with E-state index in [1.54, 1.807) is 13.0 Å². The van der Waals surface area contributed by atoms with E-state index in [1.807, 2.05) is 0 Å². The van der Waals surface area contributed by atoms with E-state index < -0.39 is 0 Å². The van der Waals surface area contributed by atoms with Crippen molar-refractivity contribution in [3.63, 3.8) is 0 Å². The van der Waals surface area contributed by atoms with Gasteiger partial charge in [-0.15, -0.1) is 0 Å². The summed E-state index contributed by atoms with van der Waals surface area (Å²) in [6.45, 7) is 1.78. The number of aromatic nitrogens is 1. The van der Waals surface area contributed by atoms with E-state index in [0.717, 1.165) is 19.3 Å². The largest absolute Gasteiger partial charge is 0.360 e. The molecule has 0 saturated heterocycles. The molecule has 0 radical (unpaired) electrons. The maximum absolute atomic E-state index is 11.6.